The Bertz CT molecular complexity index is 909. The normalized spacial score (nSPS) is 17.2. The molecule has 8 nitrogen and oxygen atoms in total. The topological polar surface area (TPSA) is 108 Å². The Morgan fingerprint density at radius 3 is 2.30 bits per heavy atom. The van der Waals surface area contributed by atoms with Crippen molar-refractivity contribution in [1.29, 1.82) is 0 Å². The number of anilines is 1. The Labute approximate surface area is 166 Å². The highest BCUT2D eigenvalue weighted by Gasteiger charge is 2.32. The van der Waals surface area contributed by atoms with Crippen LogP contribution in [-0.4, -0.2) is 33.3 Å². The van der Waals surface area contributed by atoms with Crippen molar-refractivity contribution in [2.45, 2.75) is 6.04 Å². The van der Waals surface area contributed by atoms with Crippen molar-refractivity contribution in [2.75, 3.05) is 10.8 Å². The molecule has 3 rings (SSSR count). The van der Waals surface area contributed by atoms with Gasteiger partial charge in [-0.05, 0) is 36.4 Å². The van der Waals surface area contributed by atoms with Crippen LogP contribution in [0.5, 0.6) is 11.5 Å². The van der Waals surface area contributed by atoms with E-state index in [9.17, 15) is 18.4 Å². The third-order valence-corrected chi connectivity index (χ3v) is 5.12. The van der Waals surface area contributed by atoms with E-state index in [1.54, 1.807) is 42.5 Å². The van der Waals surface area contributed by atoms with Gasteiger partial charge in [0, 0.05) is 6.07 Å². The molecule has 2 aromatic rings. The van der Waals surface area contributed by atoms with E-state index >= 15 is 0 Å². The number of nitrogens with one attached hydrogen (secondary N) is 2. The molecule has 1 saturated heterocycles. The number of nitrogens with zero attached hydrogens (tertiary/aromatic N) is 1. The average molecular weight is 430 g/mol. The summed E-state index contributed by atoms with van der Waals surface area (Å²) in [4.78, 5) is 22.8. The minimum absolute atomic E-state index is 0.173. The molecule has 1 aliphatic rings. The van der Waals surface area contributed by atoms with Crippen molar-refractivity contribution in [3.8, 4) is 11.5 Å². The predicted molar refractivity (Wildman–Crippen MR) is 102 cm³/mol. The monoisotopic (exact) mass is 429 g/mol. The highest BCUT2D eigenvalue weighted by molar-refractivity contribution is 7.80. The number of amides is 3. The molecule has 3 amide bonds. The third-order valence-electron chi connectivity index (χ3n) is 3.65. The maximum absolute atomic E-state index is 11.7. The molecule has 0 aromatic heterocycles. The number of hydrogen-bond acceptors (Lipinski definition) is 4. The molecule has 27 heavy (non-hydrogen) atoms. The molecule has 2 aromatic carbocycles. The van der Waals surface area contributed by atoms with Gasteiger partial charge in [0.1, 0.15) is 17.5 Å². The van der Waals surface area contributed by atoms with Gasteiger partial charge in [0.15, 0.2) is 0 Å². The smallest absolute Gasteiger partial charge is 0.322 e. The Kier molecular flexibility index (Phi) is 5.85. The van der Waals surface area contributed by atoms with Crippen LogP contribution < -0.4 is 19.7 Å². The predicted octanol–water partition coefficient (Wildman–Crippen LogP) is 2.94. The summed E-state index contributed by atoms with van der Waals surface area (Å²) in [5.41, 5.74) is 0.367. The number of urea groups is 1. The molecule has 11 heteroatoms. The van der Waals surface area contributed by atoms with Crippen molar-refractivity contribution in [3.63, 3.8) is 0 Å². The number of benzene rings is 2. The zero-order valence-electron chi connectivity index (χ0n) is 13.5. The van der Waals surface area contributed by atoms with Gasteiger partial charge in [-0.2, -0.15) is 0 Å². The Balaban J connectivity index is 1.73. The van der Waals surface area contributed by atoms with Crippen LogP contribution in [0.1, 0.15) is 0 Å². The lowest BCUT2D eigenvalue weighted by Crippen LogP contribution is -2.42. The number of halogens is 2. The number of hydrogen-bond donors (Lipinski definition) is 3. The van der Waals surface area contributed by atoms with Crippen LogP contribution in [0, 0.1) is 0 Å². The molecule has 1 heterocycles. The molecule has 1 fully saturated rings. The van der Waals surface area contributed by atoms with Crippen molar-refractivity contribution in [1.82, 2.24) is 10.6 Å². The minimum Gasteiger partial charge on any atom is -0.457 e. The van der Waals surface area contributed by atoms with Crippen molar-refractivity contribution in [2.24, 2.45) is 0 Å². The Morgan fingerprint density at radius 2 is 1.74 bits per heavy atom. The molecule has 0 spiro atoms. The highest BCUT2D eigenvalue weighted by atomic mass is 35.5. The first kappa shape index (κ1) is 19.4. The number of imide groups is 1. The van der Waals surface area contributed by atoms with Gasteiger partial charge in [-0.1, -0.05) is 23.2 Å². The summed E-state index contributed by atoms with van der Waals surface area (Å²) < 4.78 is 27.9. The second-order valence-electron chi connectivity index (χ2n) is 5.48. The van der Waals surface area contributed by atoms with Crippen LogP contribution in [-0.2, 0) is 16.1 Å². The average Bonchev–Trinajstić information content (AvgIpc) is 2.94. The number of ether oxygens (including phenoxy) is 1. The van der Waals surface area contributed by atoms with Crippen LogP contribution in [0.3, 0.4) is 0 Å². The summed E-state index contributed by atoms with van der Waals surface area (Å²) in [5.74, 6) is 0.382. The van der Waals surface area contributed by atoms with Gasteiger partial charge in [-0.25, -0.2) is 9.00 Å². The van der Waals surface area contributed by atoms with Crippen LogP contribution >= 0.6 is 23.2 Å². The molecule has 2 unspecified atom stereocenters. The standard InChI is InChI=1S/C16H13Cl2N3O5S/c17-12-6-5-11(7-13(12)18)26-10-3-1-9(2-4-10)21(27(24)25)8-14-15(22)20-16(23)19-14/h1-7,14H,8H2,(H,24,25)(H2,19,20,22,23). The van der Waals surface area contributed by atoms with E-state index in [2.05, 4.69) is 10.6 Å². The van der Waals surface area contributed by atoms with E-state index < -0.39 is 29.2 Å². The molecule has 142 valence electrons. The summed E-state index contributed by atoms with van der Waals surface area (Å²) in [6.45, 7) is -0.173. The fourth-order valence-corrected chi connectivity index (χ4v) is 3.24. The first-order valence-corrected chi connectivity index (χ1v) is 9.38. The van der Waals surface area contributed by atoms with Crippen LogP contribution in [0.4, 0.5) is 10.5 Å². The summed E-state index contributed by atoms with van der Waals surface area (Å²) in [5, 5.41) is 5.21. The Morgan fingerprint density at radius 1 is 1.07 bits per heavy atom. The van der Waals surface area contributed by atoms with E-state index in [1.807, 2.05) is 0 Å². The van der Waals surface area contributed by atoms with Gasteiger partial charge in [0.2, 0.25) is 0 Å². The zero-order valence-corrected chi connectivity index (χ0v) is 15.8. The highest BCUT2D eigenvalue weighted by Crippen LogP contribution is 2.30. The largest absolute Gasteiger partial charge is 0.457 e. The van der Waals surface area contributed by atoms with Crippen molar-refractivity contribution < 1.29 is 23.1 Å². The maximum Gasteiger partial charge on any atom is 0.322 e. The first-order valence-electron chi connectivity index (χ1n) is 7.56. The summed E-state index contributed by atoms with van der Waals surface area (Å²) in [7, 11) is 0. The maximum atomic E-state index is 11.7. The van der Waals surface area contributed by atoms with Gasteiger partial charge >= 0.3 is 6.03 Å². The molecule has 1 aliphatic heterocycles. The van der Waals surface area contributed by atoms with Crippen molar-refractivity contribution >= 4 is 52.1 Å². The second kappa shape index (κ2) is 8.13. The van der Waals surface area contributed by atoms with E-state index in [1.165, 1.54) is 0 Å². The molecule has 0 bridgehead atoms. The molecule has 2 atom stereocenters. The minimum atomic E-state index is -2.40. The van der Waals surface area contributed by atoms with Gasteiger partial charge < -0.3 is 10.1 Å². The molecule has 0 saturated carbocycles. The Hall–Kier alpha value is -2.33. The van der Waals surface area contributed by atoms with Crippen LogP contribution in [0.2, 0.25) is 10.0 Å². The van der Waals surface area contributed by atoms with Gasteiger partial charge in [0.25, 0.3) is 17.2 Å². The third kappa shape index (κ3) is 4.69. The lowest BCUT2D eigenvalue weighted by Gasteiger charge is -2.22. The van der Waals surface area contributed by atoms with Gasteiger partial charge in [-0.15, -0.1) is 0 Å². The lowest BCUT2D eigenvalue weighted by atomic mass is 10.2. The van der Waals surface area contributed by atoms with E-state index in [4.69, 9.17) is 27.9 Å². The second-order valence-corrected chi connectivity index (χ2v) is 7.20. The zero-order chi connectivity index (χ0) is 19.6. The molecular formula is C16H13Cl2N3O5S. The van der Waals surface area contributed by atoms with Crippen LogP contribution in [0.15, 0.2) is 42.5 Å². The number of rotatable bonds is 6. The molecule has 3 N–H and O–H groups in total. The molecular weight excluding hydrogens is 417 g/mol. The number of carbonyl (C=O) groups is 2. The van der Waals surface area contributed by atoms with E-state index in [0.29, 0.717) is 27.2 Å². The van der Waals surface area contributed by atoms with E-state index in [-0.39, 0.29) is 6.54 Å². The fraction of sp³-hybridized carbons (Fsp3) is 0.125. The van der Waals surface area contributed by atoms with Crippen LogP contribution in [0.25, 0.3) is 0 Å². The van der Waals surface area contributed by atoms with Crippen molar-refractivity contribution in [3.05, 3.63) is 52.5 Å². The fourth-order valence-electron chi connectivity index (χ4n) is 2.37. The summed E-state index contributed by atoms with van der Waals surface area (Å²) >= 11 is 9.40. The summed E-state index contributed by atoms with van der Waals surface area (Å²) in [6, 6.07) is 9.53. The number of carbonyl (C=O) groups excluding carboxylic acids is 2. The van der Waals surface area contributed by atoms with E-state index in [0.717, 1.165) is 4.31 Å². The lowest BCUT2D eigenvalue weighted by molar-refractivity contribution is -0.119. The first-order chi connectivity index (χ1) is 12.8. The van der Waals surface area contributed by atoms with Gasteiger partial charge in [0.05, 0.1) is 22.3 Å². The SMILES string of the molecule is O=C1NC(=O)C(CN(c2ccc(Oc3ccc(Cl)c(Cl)c3)cc2)S(=O)O)N1. The summed E-state index contributed by atoms with van der Waals surface area (Å²) in [6.07, 6.45) is 0. The molecule has 0 aliphatic carbocycles. The quantitative estimate of drug-likeness (QED) is 0.483. The van der Waals surface area contributed by atoms with Gasteiger partial charge in [-0.3, -0.25) is 19.0 Å². The molecule has 0 radical (unpaired) electrons.